The number of H-pyrrole nitrogens is 1. The number of phenolic OH excluding ortho intramolecular Hbond substituents is 1. The molecule has 2 aromatic carbocycles. The Kier molecular flexibility index (Phi) is 4.04. The Hall–Kier alpha value is -2.79. The summed E-state index contributed by atoms with van der Waals surface area (Å²) in [7, 11) is 0. The Morgan fingerprint density at radius 1 is 1.22 bits per heavy atom. The molecule has 1 amide bonds. The number of amides is 1. The summed E-state index contributed by atoms with van der Waals surface area (Å²) in [5, 5.41) is 20.0. The normalized spacial score (nSPS) is 10.5. The minimum Gasteiger partial charge on any atom is -0.507 e. The van der Waals surface area contributed by atoms with E-state index in [1.807, 2.05) is 6.07 Å². The van der Waals surface area contributed by atoms with E-state index < -0.39 is 0 Å². The second kappa shape index (κ2) is 6.14. The lowest BCUT2D eigenvalue weighted by Gasteiger charge is -2.05. The lowest BCUT2D eigenvalue weighted by molar-refractivity contribution is 0.102. The number of aromatic amines is 1. The lowest BCUT2D eigenvalue weighted by atomic mass is 10.1. The Labute approximate surface area is 137 Å². The van der Waals surface area contributed by atoms with Gasteiger partial charge in [-0.2, -0.15) is 5.10 Å². The van der Waals surface area contributed by atoms with Crippen LogP contribution in [0.2, 0.25) is 5.02 Å². The summed E-state index contributed by atoms with van der Waals surface area (Å²) in [6.07, 6.45) is 0. The third kappa shape index (κ3) is 3.05. The highest BCUT2D eigenvalue weighted by Gasteiger charge is 2.15. The van der Waals surface area contributed by atoms with Gasteiger partial charge in [0.2, 0.25) is 0 Å². The number of hydrogen-bond donors (Lipinski definition) is 3. The summed E-state index contributed by atoms with van der Waals surface area (Å²) in [5.74, 6) is -0.207. The number of phenols is 1. The molecule has 0 radical (unpaired) electrons. The van der Waals surface area contributed by atoms with E-state index in [9.17, 15) is 9.90 Å². The monoisotopic (exact) mass is 327 g/mol. The summed E-state index contributed by atoms with van der Waals surface area (Å²) in [6.45, 7) is 1.80. The van der Waals surface area contributed by atoms with Crippen molar-refractivity contribution in [1.29, 1.82) is 0 Å². The molecule has 3 N–H and O–H groups in total. The van der Waals surface area contributed by atoms with Gasteiger partial charge in [0.15, 0.2) is 0 Å². The van der Waals surface area contributed by atoms with Gasteiger partial charge < -0.3 is 10.4 Å². The second-order valence-electron chi connectivity index (χ2n) is 5.07. The number of aromatic nitrogens is 2. The van der Waals surface area contributed by atoms with Crippen LogP contribution in [0, 0.1) is 6.92 Å². The van der Waals surface area contributed by atoms with Crippen LogP contribution < -0.4 is 5.32 Å². The number of aryl methyl sites for hydroxylation is 1. The maximum atomic E-state index is 12.3. The van der Waals surface area contributed by atoms with Crippen molar-refractivity contribution in [3.63, 3.8) is 0 Å². The molecule has 3 rings (SSSR count). The average molecular weight is 328 g/mol. The van der Waals surface area contributed by atoms with E-state index in [2.05, 4.69) is 15.5 Å². The van der Waals surface area contributed by atoms with Gasteiger partial charge in [0.05, 0.1) is 16.4 Å². The molecule has 3 aromatic rings. The van der Waals surface area contributed by atoms with Gasteiger partial charge in [-0.05, 0) is 36.8 Å². The first kappa shape index (κ1) is 15.1. The first-order chi connectivity index (χ1) is 11.1. The van der Waals surface area contributed by atoms with E-state index in [1.165, 1.54) is 0 Å². The fraction of sp³-hybridized carbons (Fsp3) is 0.0588. The summed E-state index contributed by atoms with van der Waals surface area (Å²) in [6, 6.07) is 13.9. The zero-order chi connectivity index (χ0) is 16.4. The molecule has 0 aliphatic heterocycles. The van der Waals surface area contributed by atoms with Crippen molar-refractivity contribution in [1.82, 2.24) is 10.2 Å². The predicted molar refractivity (Wildman–Crippen MR) is 89.8 cm³/mol. The molecule has 116 valence electrons. The highest BCUT2D eigenvalue weighted by atomic mass is 35.5. The van der Waals surface area contributed by atoms with Crippen LogP contribution in [-0.2, 0) is 0 Å². The molecule has 0 fully saturated rings. The molecule has 0 saturated heterocycles. The minimum absolute atomic E-state index is 0.150. The molecular weight excluding hydrogens is 314 g/mol. The number of nitrogens with zero attached hydrogens (tertiary/aromatic N) is 1. The molecule has 0 aliphatic rings. The number of halogens is 1. The van der Waals surface area contributed by atoms with Crippen molar-refractivity contribution in [2.75, 3.05) is 5.32 Å². The summed E-state index contributed by atoms with van der Waals surface area (Å²) in [5.41, 5.74) is 2.61. The van der Waals surface area contributed by atoms with E-state index in [1.54, 1.807) is 49.4 Å². The molecular formula is C17H14ClN3O2. The molecule has 5 nitrogen and oxygen atoms in total. The number of rotatable bonds is 3. The molecule has 1 aromatic heterocycles. The Morgan fingerprint density at radius 3 is 2.78 bits per heavy atom. The first-order valence-corrected chi connectivity index (χ1v) is 7.34. The van der Waals surface area contributed by atoms with Crippen LogP contribution in [-0.4, -0.2) is 21.2 Å². The van der Waals surface area contributed by atoms with E-state index in [0.29, 0.717) is 22.0 Å². The van der Waals surface area contributed by atoms with Crippen LogP contribution in [0.1, 0.15) is 16.1 Å². The summed E-state index contributed by atoms with van der Waals surface area (Å²) >= 11 is 6.02. The fourth-order valence-corrected chi connectivity index (χ4v) is 2.38. The van der Waals surface area contributed by atoms with Crippen molar-refractivity contribution in [3.8, 4) is 17.0 Å². The standard InChI is InChI=1S/C17H14ClN3O2/c1-10-5-4-6-11(16(10)22)14-9-15(21-20-14)17(23)19-13-8-3-2-7-12(13)18/h2-9,22H,1H3,(H,19,23)(H,20,21). The van der Waals surface area contributed by atoms with Crippen LogP contribution in [0.15, 0.2) is 48.5 Å². The van der Waals surface area contributed by atoms with Crippen molar-refractivity contribution in [2.24, 2.45) is 0 Å². The van der Waals surface area contributed by atoms with Gasteiger partial charge in [0.25, 0.3) is 5.91 Å². The largest absolute Gasteiger partial charge is 0.507 e. The molecule has 1 heterocycles. The molecule has 23 heavy (non-hydrogen) atoms. The molecule has 0 spiro atoms. The van der Waals surface area contributed by atoms with Gasteiger partial charge in [-0.25, -0.2) is 0 Å². The van der Waals surface area contributed by atoms with Gasteiger partial charge in [-0.15, -0.1) is 0 Å². The van der Waals surface area contributed by atoms with Crippen LogP contribution in [0.3, 0.4) is 0 Å². The van der Waals surface area contributed by atoms with Gasteiger partial charge in [-0.3, -0.25) is 9.89 Å². The molecule has 0 aliphatic carbocycles. The third-order valence-electron chi connectivity index (χ3n) is 3.46. The van der Waals surface area contributed by atoms with Crippen LogP contribution in [0.25, 0.3) is 11.3 Å². The van der Waals surface area contributed by atoms with E-state index in [0.717, 1.165) is 5.56 Å². The number of anilines is 1. The van der Waals surface area contributed by atoms with E-state index in [-0.39, 0.29) is 17.4 Å². The van der Waals surface area contributed by atoms with Crippen LogP contribution in [0.5, 0.6) is 5.75 Å². The molecule has 0 bridgehead atoms. The van der Waals surface area contributed by atoms with E-state index in [4.69, 9.17) is 11.6 Å². The second-order valence-corrected chi connectivity index (χ2v) is 5.48. The Morgan fingerprint density at radius 2 is 2.00 bits per heavy atom. The molecule has 0 atom stereocenters. The van der Waals surface area contributed by atoms with Gasteiger partial charge in [-0.1, -0.05) is 35.9 Å². The van der Waals surface area contributed by atoms with Crippen molar-refractivity contribution in [2.45, 2.75) is 6.92 Å². The van der Waals surface area contributed by atoms with Gasteiger partial charge >= 0.3 is 0 Å². The molecule has 6 heteroatoms. The summed E-state index contributed by atoms with van der Waals surface area (Å²) < 4.78 is 0. The smallest absolute Gasteiger partial charge is 0.273 e. The van der Waals surface area contributed by atoms with Crippen LogP contribution in [0.4, 0.5) is 5.69 Å². The number of carbonyl (C=O) groups excluding carboxylic acids is 1. The van der Waals surface area contributed by atoms with Gasteiger partial charge in [0.1, 0.15) is 11.4 Å². The lowest BCUT2D eigenvalue weighted by Crippen LogP contribution is -2.12. The van der Waals surface area contributed by atoms with Crippen molar-refractivity contribution in [3.05, 3.63) is 64.8 Å². The predicted octanol–water partition coefficient (Wildman–Crippen LogP) is 4.00. The topological polar surface area (TPSA) is 78.0 Å². The maximum Gasteiger partial charge on any atom is 0.273 e. The molecule has 0 saturated carbocycles. The minimum atomic E-state index is -0.357. The van der Waals surface area contributed by atoms with E-state index >= 15 is 0 Å². The number of carbonyl (C=O) groups is 1. The van der Waals surface area contributed by atoms with Crippen molar-refractivity contribution < 1.29 is 9.90 Å². The summed E-state index contributed by atoms with van der Waals surface area (Å²) in [4.78, 5) is 12.3. The number of benzene rings is 2. The number of hydrogen-bond acceptors (Lipinski definition) is 3. The molecule has 0 unspecified atom stereocenters. The van der Waals surface area contributed by atoms with Crippen LogP contribution >= 0.6 is 11.6 Å². The number of nitrogens with one attached hydrogen (secondary N) is 2. The Balaban J connectivity index is 1.86. The zero-order valence-corrected chi connectivity index (χ0v) is 13.1. The highest BCUT2D eigenvalue weighted by molar-refractivity contribution is 6.33. The zero-order valence-electron chi connectivity index (χ0n) is 12.3. The van der Waals surface area contributed by atoms with Crippen molar-refractivity contribution >= 4 is 23.2 Å². The highest BCUT2D eigenvalue weighted by Crippen LogP contribution is 2.30. The number of aromatic hydroxyl groups is 1. The average Bonchev–Trinajstić information content (AvgIpc) is 3.02. The fourth-order valence-electron chi connectivity index (χ4n) is 2.19. The third-order valence-corrected chi connectivity index (χ3v) is 3.79. The Bertz CT molecular complexity index is 874. The van der Waals surface area contributed by atoms with Gasteiger partial charge in [0, 0.05) is 5.56 Å². The maximum absolute atomic E-state index is 12.3. The number of para-hydroxylation sites is 2. The quantitative estimate of drug-likeness (QED) is 0.680. The SMILES string of the molecule is Cc1cccc(-c2cc(C(=O)Nc3ccccc3Cl)[nH]n2)c1O. The first-order valence-electron chi connectivity index (χ1n) is 6.96.